The first-order valence-corrected chi connectivity index (χ1v) is 10.1. The Morgan fingerprint density at radius 2 is 1.90 bits per heavy atom. The zero-order valence-electron chi connectivity index (χ0n) is 14.1. The van der Waals surface area contributed by atoms with Gasteiger partial charge in [0.1, 0.15) is 12.2 Å². The van der Waals surface area contributed by atoms with Crippen LogP contribution < -0.4 is 0 Å². The Hall–Kier alpha value is -0.693. The zero-order chi connectivity index (χ0) is 16.4. The van der Waals surface area contributed by atoms with E-state index >= 15 is 0 Å². The standard InChI is InChI=1S/C15H28O5Si/c1-15(2,3)21(6,7)20-12-9-10(14(17)19-5)8-11(16)13(12)18-4/h8,11-13,16H,9H2,1-7H3/t11-,12+,13+/m0/s1. The minimum atomic E-state index is -2.02. The van der Waals surface area contributed by atoms with Gasteiger partial charge in [-0.05, 0) is 24.2 Å². The highest BCUT2D eigenvalue weighted by Gasteiger charge is 2.44. The number of carbonyl (C=O) groups excluding carboxylic acids is 1. The summed E-state index contributed by atoms with van der Waals surface area (Å²) in [6.07, 6.45) is 0.227. The van der Waals surface area contributed by atoms with Crippen LogP contribution in [0.3, 0.4) is 0 Å². The summed E-state index contributed by atoms with van der Waals surface area (Å²) in [6.45, 7) is 10.7. The third-order valence-corrected chi connectivity index (χ3v) is 8.97. The number of hydrogen-bond acceptors (Lipinski definition) is 5. The second kappa shape index (κ2) is 6.60. The number of aliphatic hydroxyl groups excluding tert-OH is 1. The summed E-state index contributed by atoms with van der Waals surface area (Å²) < 4.78 is 16.5. The van der Waals surface area contributed by atoms with Gasteiger partial charge in [-0.25, -0.2) is 4.79 Å². The van der Waals surface area contributed by atoms with E-state index in [1.165, 1.54) is 13.2 Å². The van der Waals surface area contributed by atoms with Crippen molar-refractivity contribution in [2.75, 3.05) is 14.2 Å². The molecule has 0 spiro atoms. The van der Waals surface area contributed by atoms with Crippen LogP contribution in [0.1, 0.15) is 27.2 Å². The van der Waals surface area contributed by atoms with Gasteiger partial charge in [-0.2, -0.15) is 0 Å². The highest BCUT2D eigenvalue weighted by atomic mass is 28.4. The predicted molar refractivity (Wildman–Crippen MR) is 83.6 cm³/mol. The first kappa shape index (κ1) is 18.4. The van der Waals surface area contributed by atoms with Crippen molar-refractivity contribution in [2.45, 2.75) is 63.6 Å². The molecule has 0 fully saturated rings. The largest absolute Gasteiger partial charge is 0.466 e. The number of methoxy groups -OCH3 is 2. The molecule has 1 aliphatic rings. The van der Waals surface area contributed by atoms with E-state index in [9.17, 15) is 9.90 Å². The monoisotopic (exact) mass is 316 g/mol. The topological polar surface area (TPSA) is 65.0 Å². The highest BCUT2D eigenvalue weighted by Crippen LogP contribution is 2.39. The van der Waals surface area contributed by atoms with E-state index in [1.807, 2.05) is 0 Å². The molecule has 0 radical (unpaired) electrons. The summed E-state index contributed by atoms with van der Waals surface area (Å²) in [4.78, 5) is 11.7. The molecule has 0 unspecified atom stereocenters. The maximum Gasteiger partial charge on any atom is 0.333 e. The van der Waals surface area contributed by atoms with Gasteiger partial charge in [0.05, 0.1) is 13.2 Å². The first-order chi connectivity index (χ1) is 9.53. The summed E-state index contributed by atoms with van der Waals surface area (Å²) in [5.74, 6) is -0.424. The number of rotatable bonds is 4. The molecule has 0 aromatic heterocycles. The molecule has 1 rings (SSSR count). The molecule has 1 aliphatic carbocycles. The Balaban J connectivity index is 2.99. The summed E-state index contributed by atoms with van der Waals surface area (Å²) in [5.41, 5.74) is 0.446. The number of esters is 1. The maximum absolute atomic E-state index is 11.7. The van der Waals surface area contributed by atoms with Crippen molar-refractivity contribution in [1.82, 2.24) is 0 Å². The van der Waals surface area contributed by atoms with Gasteiger partial charge in [0, 0.05) is 19.1 Å². The van der Waals surface area contributed by atoms with Crippen molar-refractivity contribution in [3.05, 3.63) is 11.6 Å². The molecule has 0 saturated heterocycles. The fourth-order valence-corrected chi connectivity index (χ4v) is 3.49. The van der Waals surface area contributed by atoms with Crippen LogP contribution >= 0.6 is 0 Å². The normalized spacial score (nSPS) is 27.2. The molecule has 0 aliphatic heterocycles. The van der Waals surface area contributed by atoms with Crippen molar-refractivity contribution in [3.63, 3.8) is 0 Å². The third kappa shape index (κ3) is 4.16. The Morgan fingerprint density at radius 1 is 1.33 bits per heavy atom. The molecule has 0 aromatic rings. The van der Waals surface area contributed by atoms with Gasteiger partial charge in [-0.1, -0.05) is 20.8 Å². The van der Waals surface area contributed by atoms with Gasteiger partial charge in [-0.15, -0.1) is 0 Å². The molecule has 0 saturated carbocycles. The Bertz CT molecular complexity index is 411. The van der Waals surface area contributed by atoms with E-state index in [1.54, 1.807) is 7.11 Å². The lowest BCUT2D eigenvalue weighted by Gasteiger charge is -2.43. The Morgan fingerprint density at radius 3 is 2.33 bits per heavy atom. The molecule has 5 nitrogen and oxygen atoms in total. The lowest BCUT2D eigenvalue weighted by Crippen LogP contribution is -2.52. The van der Waals surface area contributed by atoms with Crippen molar-refractivity contribution in [1.29, 1.82) is 0 Å². The number of carbonyl (C=O) groups is 1. The summed E-state index contributed by atoms with van der Waals surface area (Å²) >= 11 is 0. The first-order valence-electron chi connectivity index (χ1n) is 7.21. The molecule has 21 heavy (non-hydrogen) atoms. The van der Waals surface area contributed by atoms with Gasteiger partial charge >= 0.3 is 5.97 Å². The van der Waals surface area contributed by atoms with Crippen LogP contribution in [-0.4, -0.2) is 51.9 Å². The van der Waals surface area contributed by atoms with Gasteiger partial charge in [0.15, 0.2) is 8.32 Å². The van der Waals surface area contributed by atoms with Crippen LogP contribution in [0.15, 0.2) is 11.6 Å². The smallest absolute Gasteiger partial charge is 0.333 e. The molecule has 122 valence electrons. The average Bonchev–Trinajstić information content (AvgIpc) is 2.35. The van der Waals surface area contributed by atoms with Gasteiger partial charge < -0.3 is 19.0 Å². The maximum atomic E-state index is 11.7. The van der Waals surface area contributed by atoms with Crippen LogP contribution in [0.4, 0.5) is 0 Å². The molecule has 0 bridgehead atoms. The molecular formula is C15H28O5Si. The fraction of sp³-hybridized carbons (Fsp3) is 0.800. The van der Waals surface area contributed by atoms with E-state index in [0.29, 0.717) is 12.0 Å². The lowest BCUT2D eigenvalue weighted by atomic mass is 9.92. The molecule has 0 heterocycles. The quantitative estimate of drug-likeness (QED) is 0.636. The Kier molecular flexibility index (Phi) is 5.77. The van der Waals surface area contributed by atoms with E-state index < -0.39 is 26.5 Å². The summed E-state index contributed by atoms with van der Waals surface area (Å²) in [5, 5.41) is 10.2. The van der Waals surface area contributed by atoms with Crippen molar-refractivity contribution in [2.24, 2.45) is 0 Å². The van der Waals surface area contributed by atoms with Crippen LogP contribution in [0.2, 0.25) is 18.1 Å². The van der Waals surface area contributed by atoms with E-state index in [0.717, 1.165) is 0 Å². The average molecular weight is 316 g/mol. The zero-order valence-corrected chi connectivity index (χ0v) is 15.1. The molecule has 6 heteroatoms. The second-order valence-electron chi connectivity index (χ2n) is 7.00. The van der Waals surface area contributed by atoms with E-state index in [4.69, 9.17) is 13.9 Å². The second-order valence-corrected chi connectivity index (χ2v) is 11.8. The summed E-state index contributed by atoms with van der Waals surface area (Å²) in [6, 6.07) is 0. The molecule has 0 aromatic carbocycles. The number of aliphatic hydroxyl groups is 1. The summed E-state index contributed by atoms with van der Waals surface area (Å²) in [7, 11) is 0.858. The number of ether oxygens (including phenoxy) is 2. The molecule has 1 N–H and O–H groups in total. The van der Waals surface area contributed by atoms with E-state index in [-0.39, 0.29) is 11.1 Å². The fourth-order valence-electron chi connectivity index (χ4n) is 2.16. The predicted octanol–water partition coefficient (Wildman–Crippen LogP) is 2.26. The van der Waals surface area contributed by atoms with Crippen LogP contribution in [0, 0.1) is 0 Å². The SMILES string of the molecule is COC(=O)C1=C[C@H](O)[C@@H](OC)[C@H](O[Si](C)(C)C(C)(C)C)C1. The number of hydrogen-bond donors (Lipinski definition) is 1. The van der Waals surface area contributed by atoms with Gasteiger partial charge in [0.2, 0.25) is 0 Å². The van der Waals surface area contributed by atoms with E-state index in [2.05, 4.69) is 33.9 Å². The van der Waals surface area contributed by atoms with Crippen LogP contribution in [-0.2, 0) is 18.7 Å². The molecular weight excluding hydrogens is 288 g/mol. The lowest BCUT2D eigenvalue weighted by molar-refractivity contribution is -0.137. The van der Waals surface area contributed by atoms with Gasteiger partial charge in [-0.3, -0.25) is 0 Å². The third-order valence-electron chi connectivity index (χ3n) is 4.47. The molecule has 3 atom stereocenters. The van der Waals surface area contributed by atoms with Gasteiger partial charge in [0.25, 0.3) is 0 Å². The van der Waals surface area contributed by atoms with Crippen molar-refractivity contribution in [3.8, 4) is 0 Å². The van der Waals surface area contributed by atoms with Crippen molar-refractivity contribution < 1.29 is 23.8 Å². The van der Waals surface area contributed by atoms with Crippen LogP contribution in [0.25, 0.3) is 0 Å². The van der Waals surface area contributed by atoms with Crippen molar-refractivity contribution >= 4 is 14.3 Å². The Labute approximate surface area is 128 Å². The minimum absolute atomic E-state index is 0.0445. The minimum Gasteiger partial charge on any atom is -0.466 e. The van der Waals surface area contributed by atoms with Crippen LogP contribution in [0.5, 0.6) is 0 Å². The molecule has 0 amide bonds. The highest BCUT2D eigenvalue weighted by molar-refractivity contribution is 6.74.